The molecule has 0 aromatic heterocycles. The van der Waals surface area contributed by atoms with Crippen LogP contribution in [0.5, 0.6) is 0 Å². The third kappa shape index (κ3) is 4.45. The van der Waals surface area contributed by atoms with Crippen LogP contribution in [-0.4, -0.2) is 18.5 Å². The Hall–Kier alpha value is -2.09. The van der Waals surface area contributed by atoms with E-state index < -0.39 is 0 Å². The van der Waals surface area contributed by atoms with Crippen LogP contribution in [0.4, 0.5) is 4.39 Å². The van der Waals surface area contributed by atoms with E-state index in [-0.39, 0.29) is 12.4 Å². The predicted molar refractivity (Wildman–Crippen MR) is 81.3 cm³/mol. The first-order valence-corrected chi connectivity index (χ1v) is 7.46. The Bertz CT molecular complexity index is 542. The van der Waals surface area contributed by atoms with Gasteiger partial charge in [0.05, 0.1) is 18.2 Å². The van der Waals surface area contributed by atoms with Crippen molar-refractivity contribution in [2.75, 3.05) is 6.54 Å². The van der Waals surface area contributed by atoms with E-state index in [0.717, 1.165) is 25.3 Å². The average Bonchev–Trinajstić information content (AvgIpc) is 2.99. The van der Waals surface area contributed by atoms with Gasteiger partial charge >= 0.3 is 0 Å². The maximum absolute atomic E-state index is 13.8. The van der Waals surface area contributed by atoms with Crippen LogP contribution in [0, 0.1) is 17.1 Å². The fourth-order valence-corrected chi connectivity index (χ4v) is 2.49. The van der Waals surface area contributed by atoms with E-state index in [1.165, 1.54) is 18.9 Å². The van der Waals surface area contributed by atoms with Crippen LogP contribution in [0.3, 0.4) is 0 Å². The number of benzene rings is 1. The summed E-state index contributed by atoms with van der Waals surface area (Å²) < 4.78 is 13.8. The minimum Gasteiger partial charge on any atom is -0.357 e. The zero-order valence-electron chi connectivity index (χ0n) is 12.3. The lowest BCUT2D eigenvalue weighted by Crippen LogP contribution is -2.42. The molecule has 4 nitrogen and oxygen atoms in total. The fourth-order valence-electron chi connectivity index (χ4n) is 2.49. The van der Waals surface area contributed by atoms with Gasteiger partial charge in [-0.15, -0.1) is 0 Å². The molecule has 0 radical (unpaired) electrons. The van der Waals surface area contributed by atoms with Crippen molar-refractivity contribution in [3.8, 4) is 6.07 Å². The van der Waals surface area contributed by atoms with E-state index >= 15 is 0 Å². The molecule has 5 heteroatoms. The molecular formula is C16H21FN4. The summed E-state index contributed by atoms with van der Waals surface area (Å²) in [7, 11) is 0. The van der Waals surface area contributed by atoms with Crippen molar-refractivity contribution in [1.82, 2.24) is 10.6 Å². The highest BCUT2D eigenvalue weighted by molar-refractivity contribution is 5.80. The Morgan fingerprint density at radius 3 is 2.81 bits per heavy atom. The van der Waals surface area contributed by atoms with Crippen LogP contribution in [0.1, 0.15) is 43.7 Å². The lowest BCUT2D eigenvalue weighted by atomic mass is 10.1. The molecule has 21 heavy (non-hydrogen) atoms. The summed E-state index contributed by atoms with van der Waals surface area (Å²) >= 11 is 0. The molecule has 0 unspecified atom stereocenters. The van der Waals surface area contributed by atoms with Gasteiger partial charge in [0.25, 0.3) is 0 Å². The van der Waals surface area contributed by atoms with Crippen LogP contribution in [0.15, 0.2) is 23.2 Å². The Morgan fingerprint density at radius 1 is 1.43 bits per heavy atom. The molecule has 2 rings (SSSR count). The highest BCUT2D eigenvalue weighted by Crippen LogP contribution is 2.17. The topological polar surface area (TPSA) is 60.2 Å². The van der Waals surface area contributed by atoms with Gasteiger partial charge in [0.1, 0.15) is 5.82 Å². The lowest BCUT2D eigenvalue weighted by Gasteiger charge is -2.16. The number of hydrogen-bond donors (Lipinski definition) is 2. The zero-order chi connectivity index (χ0) is 15.1. The molecule has 0 aliphatic heterocycles. The van der Waals surface area contributed by atoms with Gasteiger partial charge in [-0.25, -0.2) is 9.38 Å². The SMILES string of the molecule is CCNC(=NCc1ccc(C#N)cc1F)NC1CCCC1. The molecule has 0 bridgehead atoms. The molecule has 0 atom stereocenters. The number of rotatable bonds is 4. The quantitative estimate of drug-likeness (QED) is 0.661. The molecular weight excluding hydrogens is 267 g/mol. The Balaban J connectivity index is 2.02. The average molecular weight is 288 g/mol. The molecule has 0 saturated heterocycles. The van der Waals surface area contributed by atoms with Gasteiger partial charge in [-0.1, -0.05) is 18.9 Å². The van der Waals surface area contributed by atoms with Crippen molar-refractivity contribution in [2.24, 2.45) is 4.99 Å². The summed E-state index contributed by atoms with van der Waals surface area (Å²) in [6.07, 6.45) is 4.83. The number of nitrogens with one attached hydrogen (secondary N) is 2. The second-order valence-electron chi connectivity index (χ2n) is 5.24. The molecule has 1 saturated carbocycles. The molecule has 1 aromatic carbocycles. The summed E-state index contributed by atoms with van der Waals surface area (Å²) in [6.45, 7) is 3.04. The minimum atomic E-state index is -0.380. The number of halogens is 1. The summed E-state index contributed by atoms with van der Waals surface area (Å²) in [5.74, 6) is 0.350. The monoisotopic (exact) mass is 288 g/mol. The van der Waals surface area contributed by atoms with Crippen LogP contribution in [-0.2, 0) is 6.54 Å². The van der Waals surface area contributed by atoms with Gasteiger partial charge in [0, 0.05) is 18.2 Å². The standard InChI is InChI=1S/C16H21FN4/c1-2-19-16(21-14-5-3-4-6-14)20-11-13-8-7-12(10-18)9-15(13)17/h7-9,14H,2-6,11H2,1H3,(H2,19,20,21). The zero-order valence-corrected chi connectivity index (χ0v) is 12.3. The summed E-state index contributed by atoms with van der Waals surface area (Å²) in [5, 5.41) is 15.3. The molecule has 0 heterocycles. The largest absolute Gasteiger partial charge is 0.357 e. The Morgan fingerprint density at radius 2 is 2.19 bits per heavy atom. The van der Waals surface area contributed by atoms with E-state index in [2.05, 4.69) is 15.6 Å². The van der Waals surface area contributed by atoms with Gasteiger partial charge in [0.2, 0.25) is 0 Å². The maximum atomic E-state index is 13.8. The first-order valence-electron chi connectivity index (χ1n) is 7.46. The number of nitriles is 1. The first kappa shape index (κ1) is 15.3. The molecule has 1 fully saturated rings. The van der Waals surface area contributed by atoms with Gasteiger partial charge in [-0.2, -0.15) is 5.26 Å². The van der Waals surface area contributed by atoms with E-state index in [9.17, 15) is 4.39 Å². The smallest absolute Gasteiger partial charge is 0.191 e. The number of hydrogen-bond acceptors (Lipinski definition) is 2. The summed E-state index contributed by atoms with van der Waals surface area (Å²) in [4.78, 5) is 4.44. The fraction of sp³-hybridized carbons (Fsp3) is 0.500. The molecule has 1 aliphatic rings. The number of nitrogens with zero attached hydrogens (tertiary/aromatic N) is 2. The molecule has 2 N–H and O–H groups in total. The molecule has 1 aliphatic carbocycles. The van der Waals surface area contributed by atoms with Crippen LogP contribution in [0.2, 0.25) is 0 Å². The second-order valence-corrected chi connectivity index (χ2v) is 5.24. The third-order valence-corrected chi connectivity index (χ3v) is 3.63. The van der Waals surface area contributed by atoms with Gasteiger partial charge in [-0.3, -0.25) is 0 Å². The van der Waals surface area contributed by atoms with Crippen molar-refractivity contribution in [1.29, 1.82) is 5.26 Å². The van der Waals surface area contributed by atoms with Crippen LogP contribution < -0.4 is 10.6 Å². The normalized spacial score (nSPS) is 15.8. The van der Waals surface area contributed by atoms with Gasteiger partial charge in [0.15, 0.2) is 5.96 Å². The summed E-state index contributed by atoms with van der Waals surface area (Å²) in [5.41, 5.74) is 0.828. The highest BCUT2D eigenvalue weighted by Gasteiger charge is 2.15. The molecule has 112 valence electrons. The number of aliphatic imine (C=N–C) groups is 1. The van der Waals surface area contributed by atoms with Crippen molar-refractivity contribution in [3.63, 3.8) is 0 Å². The Labute approximate surface area is 125 Å². The van der Waals surface area contributed by atoms with E-state index in [1.54, 1.807) is 12.1 Å². The summed E-state index contributed by atoms with van der Waals surface area (Å²) in [6, 6.07) is 6.88. The van der Waals surface area contributed by atoms with Crippen LogP contribution in [0.25, 0.3) is 0 Å². The first-order chi connectivity index (χ1) is 10.2. The van der Waals surface area contributed by atoms with Gasteiger partial charge in [-0.05, 0) is 31.9 Å². The van der Waals surface area contributed by atoms with E-state index in [0.29, 0.717) is 17.2 Å². The predicted octanol–water partition coefficient (Wildman–Crippen LogP) is 2.70. The number of guanidine groups is 1. The van der Waals surface area contributed by atoms with Gasteiger partial charge < -0.3 is 10.6 Å². The molecule has 0 spiro atoms. The second kappa shape index (κ2) is 7.63. The third-order valence-electron chi connectivity index (χ3n) is 3.63. The van der Waals surface area contributed by atoms with Crippen molar-refractivity contribution in [2.45, 2.75) is 45.2 Å². The highest BCUT2D eigenvalue weighted by atomic mass is 19.1. The lowest BCUT2D eigenvalue weighted by molar-refractivity contribution is 0.603. The van der Waals surface area contributed by atoms with E-state index in [4.69, 9.17) is 5.26 Å². The maximum Gasteiger partial charge on any atom is 0.191 e. The van der Waals surface area contributed by atoms with Crippen molar-refractivity contribution >= 4 is 5.96 Å². The Kier molecular flexibility index (Phi) is 5.56. The van der Waals surface area contributed by atoms with Crippen molar-refractivity contribution < 1.29 is 4.39 Å². The van der Waals surface area contributed by atoms with E-state index in [1.807, 2.05) is 13.0 Å². The van der Waals surface area contributed by atoms with Crippen LogP contribution >= 0.6 is 0 Å². The van der Waals surface area contributed by atoms with Crippen molar-refractivity contribution in [3.05, 3.63) is 35.1 Å². The minimum absolute atomic E-state index is 0.263. The molecule has 1 aromatic rings. The molecule has 0 amide bonds.